The van der Waals surface area contributed by atoms with Crippen LogP contribution in [0.4, 0.5) is 0 Å². The molecule has 120 valence electrons. The molecule has 0 unspecified atom stereocenters. The molecule has 0 spiro atoms. The number of hydrogen-bond acceptors (Lipinski definition) is 2. The number of rotatable bonds is 4. The van der Waals surface area contributed by atoms with Crippen LogP contribution < -0.4 is 10.6 Å². The fourth-order valence-electron chi connectivity index (χ4n) is 3.08. The predicted molar refractivity (Wildman–Crippen MR) is 102 cm³/mol. The third-order valence-electron chi connectivity index (χ3n) is 4.33. The molecular formula is C19H21IN2O. The summed E-state index contributed by atoms with van der Waals surface area (Å²) in [7, 11) is 0. The highest BCUT2D eigenvalue weighted by Crippen LogP contribution is 2.29. The van der Waals surface area contributed by atoms with E-state index in [2.05, 4.69) is 39.3 Å². The van der Waals surface area contributed by atoms with Gasteiger partial charge in [-0.2, -0.15) is 0 Å². The van der Waals surface area contributed by atoms with Gasteiger partial charge in [-0.05, 0) is 83.8 Å². The SMILES string of the molecule is O=C(NCc1ccccc1)c1ccc(I)cc1C1CCNCC1. The zero-order chi connectivity index (χ0) is 16.1. The van der Waals surface area contributed by atoms with Gasteiger partial charge in [-0.25, -0.2) is 0 Å². The summed E-state index contributed by atoms with van der Waals surface area (Å²) >= 11 is 2.32. The van der Waals surface area contributed by atoms with Crippen molar-refractivity contribution in [2.45, 2.75) is 25.3 Å². The molecule has 2 aromatic rings. The summed E-state index contributed by atoms with van der Waals surface area (Å²) in [5, 5.41) is 6.45. The maximum atomic E-state index is 12.7. The Kier molecular flexibility index (Phi) is 5.67. The monoisotopic (exact) mass is 420 g/mol. The Balaban J connectivity index is 1.76. The van der Waals surface area contributed by atoms with Gasteiger partial charge in [0.2, 0.25) is 0 Å². The molecule has 1 saturated heterocycles. The Morgan fingerprint density at radius 1 is 1.13 bits per heavy atom. The molecule has 0 atom stereocenters. The molecule has 0 bridgehead atoms. The van der Waals surface area contributed by atoms with E-state index in [9.17, 15) is 4.79 Å². The fourth-order valence-corrected chi connectivity index (χ4v) is 3.60. The summed E-state index contributed by atoms with van der Waals surface area (Å²) in [4.78, 5) is 12.7. The van der Waals surface area contributed by atoms with Crippen molar-refractivity contribution < 1.29 is 4.79 Å². The van der Waals surface area contributed by atoms with Crippen LogP contribution in [-0.2, 0) is 6.54 Å². The molecule has 23 heavy (non-hydrogen) atoms. The molecule has 2 N–H and O–H groups in total. The van der Waals surface area contributed by atoms with E-state index in [1.54, 1.807) is 0 Å². The van der Waals surface area contributed by atoms with E-state index in [0.29, 0.717) is 12.5 Å². The molecular weight excluding hydrogens is 399 g/mol. The van der Waals surface area contributed by atoms with Crippen molar-refractivity contribution in [3.63, 3.8) is 0 Å². The summed E-state index contributed by atoms with van der Waals surface area (Å²) < 4.78 is 1.19. The molecule has 0 radical (unpaired) electrons. The first-order chi connectivity index (χ1) is 11.2. The quantitative estimate of drug-likeness (QED) is 0.741. The van der Waals surface area contributed by atoms with Gasteiger partial charge in [0.15, 0.2) is 0 Å². The van der Waals surface area contributed by atoms with Gasteiger partial charge < -0.3 is 10.6 Å². The third kappa shape index (κ3) is 4.32. The lowest BCUT2D eigenvalue weighted by molar-refractivity contribution is 0.0949. The molecule has 4 heteroatoms. The highest BCUT2D eigenvalue weighted by Gasteiger charge is 2.21. The van der Waals surface area contributed by atoms with E-state index in [4.69, 9.17) is 0 Å². The van der Waals surface area contributed by atoms with Crippen molar-refractivity contribution in [2.24, 2.45) is 0 Å². The minimum atomic E-state index is 0.0267. The Bertz CT molecular complexity index is 666. The Morgan fingerprint density at radius 3 is 2.61 bits per heavy atom. The summed E-state index contributed by atoms with van der Waals surface area (Å²) in [6, 6.07) is 16.2. The van der Waals surface area contributed by atoms with Crippen molar-refractivity contribution >= 4 is 28.5 Å². The van der Waals surface area contributed by atoms with Crippen LogP contribution in [0.3, 0.4) is 0 Å². The lowest BCUT2D eigenvalue weighted by atomic mass is 9.87. The van der Waals surface area contributed by atoms with Crippen LogP contribution in [-0.4, -0.2) is 19.0 Å². The zero-order valence-corrected chi connectivity index (χ0v) is 15.2. The van der Waals surface area contributed by atoms with E-state index < -0.39 is 0 Å². The van der Waals surface area contributed by atoms with Crippen LogP contribution in [0, 0.1) is 3.57 Å². The van der Waals surface area contributed by atoms with E-state index >= 15 is 0 Å². The molecule has 1 amide bonds. The fraction of sp³-hybridized carbons (Fsp3) is 0.316. The zero-order valence-electron chi connectivity index (χ0n) is 13.0. The second kappa shape index (κ2) is 7.93. The number of carbonyl (C=O) groups is 1. The Morgan fingerprint density at radius 2 is 1.87 bits per heavy atom. The molecule has 0 saturated carbocycles. The Labute approximate surface area is 151 Å². The van der Waals surface area contributed by atoms with Gasteiger partial charge in [0.1, 0.15) is 0 Å². The van der Waals surface area contributed by atoms with Gasteiger partial charge in [-0.1, -0.05) is 30.3 Å². The lowest BCUT2D eigenvalue weighted by Crippen LogP contribution is -2.29. The first kappa shape index (κ1) is 16.5. The van der Waals surface area contributed by atoms with E-state index in [0.717, 1.165) is 37.1 Å². The molecule has 2 aromatic carbocycles. The molecule has 1 aliphatic heterocycles. The van der Waals surface area contributed by atoms with Gasteiger partial charge >= 0.3 is 0 Å². The van der Waals surface area contributed by atoms with Crippen molar-refractivity contribution in [3.05, 3.63) is 68.8 Å². The van der Waals surface area contributed by atoms with Crippen LogP contribution in [0.15, 0.2) is 48.5 Å². The summed E-state index contributed by atoms with van der Waals surface area (Å²) in [5.41, 5.74) is 3.15. The highest BCUT2D eigenvalue weighted by molar-refractivity contribution is 14.1. The highest BCUT2D eigenvalue weighted by atomic mass is 127. The maximum Gasteiger partial charge on any atom is 0.251 e. The van der Waals surface area contributed by atoms with Crippen LogP contribution in [0.5, 0.6) is 0 Å². The van der Waals surface area contributed by atoms with Gasteiger partial charge in [-0.15, -0.1) is 0 Å². The van der Waals surface area contributed by atoms with Gasteiger partial charge in [0, 0.05) is 15.7 Å². The average Bonchev–Trinajstić information content (AvgIpc) is 2.61. The second-order valence-corrected chi connectivity index (χ2v) is 7.17. The summed E-state index contributed by atoms with van der Waals surface area (Å²) in [6.07, 6.45) is 2.19. The van der Waals surface area contributed by atoms with Crippen molar-refractivity contribution in [1.82, 2.24) is 10.6 Å². The molecule has 3 nitrogen and oxygen atoms in total. The van der Waals surface area contributed by atoms with Crippen LogP contribution in [0.1, 0.15) is 40.2 Å². The number of nitrogens with one attached hydrogen (secondary N) is 2. The van der Waals surface area contributed by atoms with Crippen LogP contribution in [0.25, 0.3) is 0 Å². The number of carbonyl (C=O) groups excluding carboxylic acids is 1. The molecule has 1 aliphatic rings. The van der Waals surface area contributed by atoms with Crippen molar-refractivity contribution in [2.75, 3.05) is 13.1 Å². The van der Waals surface area contributed by atoms with Gasteiger partial charge in [-0.3, -0.25) is 4.79 Å². The molecule has 0 aliphatic carbocycles. The van der Waals surface area contributed by atoms with Crippen molar-refractivity contribution in [3.8, 4) is 0 Å². The van der Waals surface area contributed by atoms with Crippen molar-refractivity contribution in [1.29, 1.82) is 0 Å². The maximum absolute atomic E-state index is 12.7. The summed E-state index contributed by atoms with van der Waals surface area (Å²) in [5.74, 6) is 0.502. The van der Waals surface area contributed by atoms with E-state index in [1.165, 1.54) is 9.13 Å². The largest absolute Gasteiger partial charge is 0.348 e. The smallest absolute Gasteiger partial charge is 0.251 e. The molecule has 0 aromatic heterocycles. The predicted octanol–water partition coefficient (Wildman–Crippen LogP) is 3.69. The second-order valence-electron chi connectivity index (χ2n) is 5.92. The number of amides is 1. The lowest BCUT2D eigenvalue weighted by Gasteiger charge is -2.25. The first-order valence-corrected chi connectivity index (χ1v) is 9.14. The summed E-state index contributed by atoms with van der Waals surface area (Å²) in [6.45, 7) is 2.62. The average molecular weight is 420 g/mol. The standard InChI is InChI=1S/C19H21IN2O/c20-16-6-7-17(18(12-16)15-8-10-21-11-9-15)19(23)22-13-14-4-2-1-3-5-14/h1-7,12,15,21H,8-11,13H2,(H,22,23). The number of piperidine rings is 1. The minimum Gasteiger partial charge on any atom is -0.348 e. The first-order valence-electron chi connectivity index (χ1n) is 8.06. The topological polar surface area (TPSA) is 41.1 Å². The third-order valence-corrected chi connectivity index (χ3v) is 5.00. The van der Waals surface area contributed by atoms with E-state index in [-0.39, 0.29) is 5.91 Å². The van der Waals surface area contributed by atoms with E-state index in [1.807, 2.05) is 42.5 Å². The molecule has 3 rings (SSSR count). The molecule has 1 heterocycles. The minimum absolute atomic E-state index is 0.0267. The number of hydrogen-bond donors (Lipinski definition) is 2. The van der Waals surface area contributed by atoms with Crippen LogP contribution >= 0.6 is 22.6 Å². The van der Waals surface area contributed by atoms with Crippen LogP contribution in [0.2, 0.25) is 0 Å². The van der Waals surface area contributed by atoms with Gasteiger partial charge in [0.25, 0.3) is 5.91 Å². The van der Waals surface area contributed by atoms with Gasteiger partial charge in [0.05, 0.1) is 0 Å². The Hall–Kier alpha value is -1.40. The normalized spacial score (nSPS) is 15.3. The number of benzene rings is 2. The molecule has 1 fully saturated rings. The number of halogens is 1.